The summed E-state index contributed by atoms with van der Waals surface area (Å²) in [5.74, 6) is 0.698. The van der Waals surface area contributed by atoms with Crippen LogP contribution < -0.4 is 5.32 Å². The van der Waals surface area contributed by atoms with Crippen LogP contribution in [0.15, 0.2) is 30.3 Å². The summed E-state index contributed by atoms with van der Waals surface area (Å²) >= 11 is 0. The standard InChI is InChI=1S/C15H23NOS/c1-16-14-10-6-3-7-11-15(14)18(17)12-13-8-4-2-5-9-13/h2,4-5,8-9,14-16H,3,6-7,10-12H2,1H3. The molecule has 1 aliphatic rings. The van der Waals surface area contributed by atoms with E-state index in [1.54, 1.807) is 0 Å². The van der Waals surface area contributed by atoms with Crippen molar-refractivity contribution >= 4 is 10.8 Å². The van der Waals surface area contributed by atoms with E-state index in [2.05, 4.69) is 17.4 Å². The fraction of sp³-hybridized carbons (Fsp3) is 0.600. The summed E-state index contributed by atoms with van der Waals surface area (Å²) in [4.78, 5) is 0. The Hall–Kier alpha value is -0.670. The van der Waals surface area contributed by atoms with Crippen LogP contribution in [0, 0.1) is 0 Å². The van der Waals surface area contributed by atoms with Crippen molar-refractivity contribution in [2.24, 2.45) is 0 Å². The molecule has 1 N–H and O–H groups in total. The van der Waals surface area contributed by atoms with Crippen molar-refractivity contribution in [3.8, 4) is 0 Å². The molecule has 2 nitrogen and oxygen atoms in total. The number of nitrogens with one attached hydrogen (secondary N) is 1. The lowest BCUT2D eigenvalue weighted by atomic mass is 10.1. The van der Waals surface area contributed by atoms with E-state index < -0.39 is 10.8 Å². The average Bonchev–Trinajstić information content (AvgIpc) is 2.64. The number of hydrogen-bond acceptors (Lipinski definition) is 2. The van der Waals surface area contributed by atoms with E-state index in [-0.39, 0.29) is 0 Å². The molecule has 0 heterocycles. The monoisotopic (exact) mass is 265 g/mol. The van der Waals surface area contributed by atoms with Gasteiger partial charge in [0.25, 0.3) is 0 Å². The first-order chi connectivity index (χ1) is 8.81. The topological polar surface area (TPSA) is 29.1 Å². The van der Waals surface area contributed by atoms with Gasteiger partial charge in [-0.1, -0.05) is 49.6 Å². The Bertz CT molecular complexity index is 379. The van der Waals surface area contributed by atoms with Gasteiger partial charge in [-0.3, -0.25) is 4.21 Å². The highest BCUT2D eigenvalue weighted by Crippen LogP contribution is 2.23. The van der Waals surface area contributed by atoms with Crippen molar-refractivity contribution in [1.29, 1.82) is 0 Å². The van der Waals surface area contributed by atoms with Crippen LogP contribution in [0.5, 0.6) is 0 Å². The van der Waals surface area contributed by atoms with Crippen LogP contribution in [0.4, 0.5) is 0 Å². The van der Waals surface area contributed by atoms with Gasteiger partial charge in [-0.25, -0.2) is 0 Å². The molecule has 1 aliphatic carbocycles. The maximum atomic E-state index is 12.6. The Balaban J connectivity index is 2.01. The maximum absolute atomic E-state index is 12.6. The molecular formula is C15H23NOS. The minimum atomic E-state index is -0.761. The summed E-state index contributed by atoms with van der Waals surface area (Å²) in [6, 6.07) is 10.6. The van der Waals surface area contributed by atoms with Crippen LogP contribution in [-0.4, -0.2) is 22.5 Å². The van der Waals surface area contributed by atoms with Crippen molar-refractivity contribution in [3.63, 3.8) is 0 Å². The largest absolute Gasteiger partial charge is 0.316 e. The van der Waals surface area contributed by atoms with E-state index in [1.165, 1.54) is 31.2 Å². The molecule has 0 spiro atoms. The summed E-state index contributed by atoms with van der Waals surface area (Å²) in [5.41, 5.74) is 1.19. The minimum absolute atomic E-state index is 0.317. The maximum Gasteiger partial charge on any atom is 0.0504 e. The lowest BCUT2D eigenvalue weighted by Crippen LogP contribution is -2.39. The Morgan fingerprint density at radius 2 is 1.89 bits per heavy atom. The predicted molar refractivity (Wildman–Crippen MR) is 78.0 cm³/mol. The number of benzene rings is 1. The van der Waals surface area contributed by atoms with Gasteiger partial charge in [0.15, 0.2) is 0 Å². The van der Waals surface area contributed by atoms with Gasteiger partial charge < -0.3 is 5.32 Å². The first kappa shape index (κ1) is 13.8. The highest BCUT2D eigenvalue weighted by atomic mass is 32.2. The summed E-state index contributed by atoms with van der Waals surface area (Å²) in [5, 5.41) is 3.68. The molecule has 3 atom stereocenters. The van der Waals surface area contributed by atoms with Gasteiger partial charge in [0.1, 0.15) is 0 Å². The van der Waals surface area contributed by atoms with E-state index in [0.717, 1.165) is 6.42 Å². The molecule has 100 valence electrons. The molecule has 0 radical (unpaired) electrons. The second-order valence-electron chi connectivity index (χ2n) is 5.08. The van der Waals surface area contributed by atoms with Gasteiger partial charge in [-0.2, -0.15) is 0 Å². The molecule has 0 bridgehead atoms. The molecule has 1 aromatic rings. The number of hydrogen-bond donors (Lipinski definition) is 1. The predicted octanol–water partition coefficient (Wildman–Crippen LogP) is 2.86. The first-order valence-electron chi connectivity index (χ1n) is 6.89. The van der Waals surface area contributed by atoms with Crippen molar-refractivity contribution < 1.29 is 4.21 Å². The smallest absolute Gasteiger partial charge is 0.0504 e. The molecule has 3 unspecified atom stereocenters. The normalized spacial score (nSPS) is 26.5. The Kier molecular flexibility index (Phi) is 5.39. The van der Waals surface area contributed by atoms with Gasteiger partial charge in [0.05, 0.1) is 5.25 Å². The third-order valence-electron chi connectivity index (χ3n) is 3.81. The van der Waals surface area contributed by atoms with Gasteiger partial charge in [-0.15, -0.1) is 0 Å². The third kappa shape index (κ3) is 3.66. The average molecular weight is 265 g/mol. The molecule has 0 aliphatic heterocycles. The molecule has 1 saturated carbocycles. The Morgan fingerprint density at radius 1 is 1.17 bits per heavy atom. The molecule has 18 heavy (non-hydrogen) atoms. The zero-order chi connectivity index (χ0) is 12.8. The summed E-state index contributed by atoms with van der Waals surface area (Å²) < 4.78 is 12.6. The third-order valence-corrected chi connectivity index (χ3v) is 5.67. The lowest BCUT2D eigenvalue weighted by molar-refractivity contribution is 0.499. The lowest BCUT2D eigenvalue weighted by Gasteiger charge is -2.24. The van der Waals surface area contributed by atoms with E-state index in [4.69, 9.17) is 0 Å². The van der Waals surface area contributed by atoms with Crippen LogP contribution in [-0.2, 0) is 16.6 Å². The summed E-state index contributed by atoms with van der Waals surface area (Å²) in [6.07, 6.45) is 6.05. The molecule has 0 saturated heterocycles. The minimum Gasteiger partial charge on any atom is -0.316 e. The van der Waals surface area contributed by atoms with Crippen molar-refractivity contribution in [2.75, 3.05) is 7.05 Å². The summed E-state index contributed by atoms with van der Waals surface area (Å²) in [7, 11) is 1.24. The zero-order valence-electron chi connectivity index (χ0n) is 11.1. The molecular weight excluding hydrogens is 242 g/mol. The zero-order valence-corrected chi connectivity index (χ0v) is 11.9. The first-order valence-corrected chi connectivity index (χ1v) is 8.28. The molecule has 1 fully saturated rings. The molecule has 0 aromatic heterocycles. The van der Waals surface area contributed by atoms with Gasteiger partial charge in [0, 0.05) is 22.6 Å². The fourth-order valence-electron chi connectivity index (χ4n) is 2.76. The van der Waals surface area contributed by atoms with Crippen LogP contribution in [0.25, 0.3) is 0 Å². The second kappa shape index (κ2) is 7.05. The van der Waals surface area contributed by atoms with Crippen LogP contribution in [0.1, 0.15) is 37.7 Å². The fourth-order valence-corrected chi connectivity index (χ4v) is 4.57. The van der Waals surface area contributed by atoms with E-state index in [0.29, 0.717) is 17.0 Å². The molecule has 2 rings (SSSR count). The van der Waals surface area contributed by atoms with Crippen LogP contribution in [0.3, 0.4) is 0 Å². The molecule has 3 heteroatoms. The van der Waals surface area contributed by atoms with E-state index >= 15 is 0 Å². The van der Waals surface area contributed by atoms with Crippen molar-refractivity contribution in [1.82, 2.24) is 5.32 Å². The van der Waals surface area contributed by atoms with E-state index in [1.807, 2.05) is 25.2 Å². The van der Waals surface area contributed by atoms with Gasteiger partial charge in [0.2, 0.25) is 0 Å². The quantitative estimate of drug-likeness (QED) is 0.848. The Morgan fingerprint density at radius 3 is 2.61 bits per heavy atom. The molecule has 1 aromatic carbocycles. The van der Waals surface area contributed by atoms with Crippen LogP contribution in [0.2, 0.25) is 0 Å². The van der Waals surface area contributed by atoms with Crippen molar-refractivity contribution in [2.45, 2.75) is 49.1 Å². The summed E-state index contributed by atoms with van der Waals surface area (Å²) in [6.45, 7) is 0. The molecule has 0 amide bonds. The van der Waals surface area contributed by atoms with Gasteiger partial charge >= 0.3 is 0 Å². The van der Waals surface area contributed by atoms with E-state index in [9.17, 15) is 4.21 Å². The highest BCUT2D eigenvalue weighted by Gasteiger charge is 2.27. The Labute approximate surface area is 113 Å². The highest BCUT2D eigenvalue weighted by molar-refractivity contribution is 7.84. The van der Waals surface area contributed by atoms with Gasteiger partial charge in [-0.05, 0) is 25.5 Å². The van der Waals surface area contributed by atoms with Crippen molar-refractivity contribution in [3.05, 3.63) is 35.9 Å². The van der Waals surface area contributed by atoms with Crippen LogP contribution >= 0.6 is 0 Å². The SMILES string of the molecule is CNC1CCCCCC1S(=O)Cc1ccccc1. The number of rotatable bonds is 4. The second-order valence-corrected chi connectivity index (χ2v) is 6.74.